The highest BCUT2D eigenvalue weighted by Crippen LogP contribution is 2.18. The lowest BCUT2D eigenvalue weighted by Gasteiger charge is -2.24. The van der Waals surface area contributed by atoms with Gasteiger partial charge in [-0.1, -0.05) is 12.1 Å². The van der Waals surface area contributed by atoms with Gasteiger partial charge in [0.1, 0.15) is 0 Å². The third kappa shape index (κ3) is 2.39. The van der Waals surface area contributed by atoms with E-state index in [2.05, 4.69) is 15.6 Å². The first-order valence-corrected chi connectivity index (χ1v) is 6.78. The minimum absolute atomic E-state index is 0.108. The van der Waals surface area contributed by atoms with Crippen molar-refractivity contribution < 1.29 is 9.53 Å². The number of benzene rings is 1. The van der Waals surface area contributed by atoms with Crippen LogP contribution in [0.25, 0.3) is 10.9 Å². The zero-order chi connectivity index (χ0) is 13.9. The fraction of sp³-hybridized carbons (Fsp3) is 0.429. The first-order valence-electron chi connectivity index (χ1n) is 6.78. The van der Waals surface area contributed by atoms with Crippen molar-refractivity contribution in [2.75, 3.05) is 20.3 Å². The monoisotopic (exact) mass is 274 g/mol. The summed E-state index contributed by atoms with van der Waals surface area (Å²) in [5, 5.41) is 9.77. The van der Waals surface area contributed by atoms with Gasteiger partial charge in [0.15, 0.2) is 0 Å². The van der Waals surface area contributed by atoms with Gasteiger partial charge in [-0.3, -0.25) is 15.3 Å². The first kappa shape index (κ1) is 13.1. The van der Waals surface area contributed by atoms with Crippen LogP contribution in [0.15, 0.2) is 24.4 Å². The molecule has 3 rings (SSSR count). The molecule has 1 amide bonds. The quantitative estimate of drug-likeness (QED) is 0.882. The topological polar surface area (TPSA) is 70.2 Å². The van der Waals surface area contributed by atoms with Gasteiger partial charge < -0.3 is 4.74 Å². The number of nitrogens with zero attached hydrogens (tertiary/aromatic N) is 2. The second-order valence-corrected chi connectivity index (χ2v) is 5.03. The molecule has 1 aliphatic rings. The summed E-state index contributed by atoms with van der Waals surface area (Å²) in [5.41, 5.74) is 4.36. The van der Waals surface area contributed by atoms with Crippen LogP contribution in [0, 0.1) is 0 Å². The molecule has 6 nitrogen and oxygen atoms in total. The molecule has 0 saturated carbocycles. The molecule has 1 aliphatic heterocycles. The number of aromatic nitrogens is 2. The van der Waals surface area contributed by atoms with E-state index >= 15 is 0 Å². The lowest BCUT2D eigenvalue weighted by atomic mass is 10.1. The highest BCUT2D eigenvalue weighted by molar-refractivity contribution is 6.05. The zero-order valence-corrected chi connectivity index (χ0v) is 11.4. The molecule has 0 unspecified atom stereocenters. The summed E-state index contributed by atoms with van der Waals surface area (Å²) >= 11 is 0. The molecular formula is C14H18N4O2. The number of amides is 1. The zero-order valence-electron chi connectivity index (χ0n) is 11.4. The van der Waals surface area contributed by atoms with E-state index in [4.69, 9.17) is 4.74 Å². The number of para-hydroxylation sites is 1. The second-order valence-electron chi connectivity index (χ2n) is 5.03. The highest BCUT2D eigenvalue weighted by atomic mass is 16.5. The Morgan fingerprint density at radius 2 is 2.50 bits per heavy atom. The summed E-state index contributed by atoms with van der Waals surface area (Å²) in [6, 6.07) is 5.85. The van der Waals surface area contributed by atoms with Gasteiger partial charge in [-0.15, -0.1) is 0 Å². The molecule has 20 heavy (non-hydrogen) atoms. The molecule has 1 saturated heterocycles. The Bertz CT molecular complexity index is 610. The van der Waals surface area contributed by atoms with Crippen LogP contribution in [0.4, 0.5) is 0 Å². The summed E-state index contributed by atoms with van der Waals surface area (Å²) in [7, 11) is 1.68. The van der Waals surface area contributed by atoms with Crippen LogP contribution < -0.4 is 5.43 Å². The maximum Gasteiger partial charge on any atom is 0.267 e. The van der Waals surface area contributed by atoms with E-state index < -0.39 is 0 Å². The van der Waals surface area contributed by atoms with Crippen molar-refractivity contribution >= 4 is 16.8 Å². The van der Waals surface area contributed by atoms with Gasteiger partial charge in [0.2, 0.25) is 0 Å². The molecule has 1 aromatic heterocycles. The predicted octanol–water partition coefficient (Wildman–Crippen LogP) is 1.32. The van der Waals surface area contributed by atoms with Crippen molar-refractivity contribution in [2.45, 2.75) is 18.9 Å². The molecule has 1 fully saturated rings. The summed E-state index contributed by atoms with van der Waals surface area (Å²) < 4.78 is 5.19. The average Bonchev–Trinajstić information content (AvgIpc) is 3.08. The van der Waals surface area contributed by atoms with Crippen molar-refractivity contribution in [2.24, 2.45) is 0 Å². The number of fused-ring (bicyclic) bond motifs is 1. The molecule has 0 radical (unpaired) electrons. The van der Waals surface area contributed by atoms with Gasteiger partial charge >= 0.3 is 0 Å². The van der Waals surface area contributed by atoms with Crippen LogP contribution in [0.3, 0.4) is 0 Å². The van der Waals surface area contributed by atoms with E-state index in [1.54, 1.807) is 19.4 Å². The Balaban J connectivity index is 1.77. The molecule has 6 heteroatoms. The van der Waals surface area contributed by atoms with Crippen LogP contribution in [0.5, 0.6) is 0 Å². The number of H-pyrrole nitrogens is 1. The minimum atomic E-state index is -0.108. The Labute approximate surface area is 117 Å². The van der Waals surface area contributed by atoms with Gasteiger partial charge in [-0.25, -0.2) is 5.01 Å². The molecule has 1 atom stereocenters. The third-order valence-electron chi connectivity index (χ3n) is 3.70. The van der Waals surface area contributed by atoms with E-state index in [9.17, 15) is 4.79 Å². The van der Waals surface area contributed by atoms with Gasteiger partial charge in [0.25, 0.3) is 5.91 Å². The SMILES string of the molecule is COC[C@H]1CCCN1NC(=O)c1cccc2cn[nH]c12. The average molecular weight is 274 g/mol. The number of nitrogens with one attached hydrogen (secondary N) is 2. The normalized spacial score (nSPS) is 19.6. The molecule has 2 N–H and O–H groups in total. The summed E-state index contributed by atoms with van der Waals surface area (Å²) in [4.78, 5) is 12.4. The number of methoxy groups -OCH3 is 1. The maximum atomic E-state index is 12.4. The maximum absolute atomic E-state index is 12.4. The van der Waals surface area contributed by atoms with Gasteiger partial charge in [-0.2, -0.15) is 5.10 Å². The number of carbonyl (C=O) groups excluding carboxylic acids is 1. The van der Waals surface area contributed by atoms with Crippen LogP contribution in [0.2, 0.25) is 0 Å². The van der Waals surface area contributed by atoms with Crippen LogP contribution >= 0.6 is 0 Å². The number of ether oxygens (including phenoxy) is 1. The fourth-order valence-electron chi connectivity index (χ4n) is 2.70. The molecule has 0 aliphatic carbocycles. The molecular weight excluding hydrogens is 256 g/mol. The van der Waals surface area contributed by atoms with E-state index in [0.29, 0.717) is 12.2 Å². The van der Waals surface area contributed by atoms with Gasteiger partial charge in [0, 0.05) is 19.0 Å². The Morgan fingerprint density at radius 1 is 1.60 bits per heavy atom. The largest absolute Gasteiger partial charge is 0.383 e. The Hall–Kier alpha value is -1.92. The van der Waals surface area contributed by atoms with Crippen LogP contribution in [0.1, 0.15) is 23.2 Å². The van der Waals surface area contributed by atoms with Crippen LogP contribution in [-0.4, -0.2) is 47.4 Å². The van der Waals surface area contributed by atoms with Crippen molar-refractivity contribution in [1.82, 2.24) is 20.6 Å². The number of hydrogen-bond acceptors (Lipinski definition) is 4. The fourth-order valence-corrected chi connectivity index (χ4v) is 2.70. The lowest BCUT2D eigenvalue weighted by molar-refractivity contribution is 0.0612. The molecule has 2 heterocycles. The molecule has 0 bridgehead atoms. The third-order valence-corrected chi connectivity index (χ3v) is 3.70. The molecule has 0 spiro atoms. The van der Waals surface area contributed by atoms with Crippen LogP contribution in [-0.2, 0) is 4.74 Å². The van der Waals surface area contributed by atoms with E-state index in [-0.39, 0.29) is 11.9 Å². The van der Waals surface area contributed by atoms with Gasteiger partial charge in [0.05, 0.1) is 29.9 Å². The van der Waals surface area contributed by atoms with E-state index in [1.165, 1.54) is 0 Å². The second kappa shape index (κ2) is 5.60. The lowest BCUT2D eigenvalue weighted by Crippen LogP contribution is -2.46. The Morgan fingerprint density at radius 3 is 3.35 bits per heavy atom. The van der Waals surface area contributed by atoms with E-state index in [0.717, 1.165) is 30.3 Å². The summed E-state index contributed by atoms with van der Waals surface area (Å²) in [6.45, 7) is 1.49. The van der Waals surface area contributed by atoms with Gasteiger partial charge in [-0.05, 0) is 18.9 Å². The van der Waals surface area contributed by atoms with Crippen molar-refractivity contribution in [1.29, 1.82) is 0 Å². The van der Waals surface area contributed by atoms with Crippen molar-refractivity contribution in [3.05, 3.63) is 30.0 Å². The number of hydrogen-bond donors (Lipinski definition) is 2. The molecule has 1 aromatic carbocycles. The standard InChI is InChI=1S/C14H18N4O2/c1-20-9-11-5-3-7-18(11)17-14(19)12-6-2-4-10-8-15-16-13(10)12/h2,4,6,8,11H,3,5,7,9H2,1H3,(H,15,16)(H,17,19)/t11-/m1/s1. The predicted molar refractivity (Wildman–Crippen MR) is 75.2 cm³/mol. The molecule has 106 valence electrons. The first-order chi connectivity index (χ1) is 9.79. The number of aromatic amines is 1. The smallest absolute Gasteiger partial charge is 0.267 e. The summed E-state index contributed by atoms with van der Waals surface area (Å²) in [6.07, 6.45) is 3.83. The minimum Gasteiger partial charge on any atom is -0.383 e. The van der Waals surface area contributed by atoms with E-state index in [1.807, 2.05) is 17.1 Å². The van der Waals surface area contributed by atoms with Crippen molar-refractivity contribution in [3.63, 3.8) is 0 Å². The molecule has 2 aromatic rings. The number of carbonyl (C=O) groups is 1. The highest BCUT2D eigenvalue weighted by Gasteiger charge is 2.26. The number of rotatable bonds is 4. The number of hydrazine groups is 1. The summed E-state index contributed by atoms with van der Waals surface area (Å²) in [5.74, 6) is -0.108. The Kier molecular flexibility index (Phi) is 3.66. The van der Waals surface area contributed by atoms with Crippen molar-refractivity contribution in [3.8, 4) is 0 Å².